The van der Waals surface area contributed by atoms with Crippen molar-refractivity contribution in [1.29, 1.82) is 0 Å². The summed E-state index contributed by atoms with van der Waals surface area (Å²) < 4.78 is 70.5. The molecule has 152 valence electrons. The molecule has 0 aliphatic rings. The van der Waals surface area contributed by atoms with Crippen molar-refractivity contribution in [1.82, 2.24) is 19.9 Å². The average molecular weight is 412 g/mol. The smallest absolute Gasteiger partial charge is 0.403 e. The molecule has 1 amide bonds. The predicted octanol–water partition coefficient (Wildman–Crippen LogP) is 3.51. The number of aromatic nitrogens is 3. The van der Waals surface area contributed by atoms with Gasteiger partial charge in [0.15, 0.2) is 17.4 Å². The molecule has 1 atom stereocenters. The first-order valence-electron chi connectivity index (χ1n) is 8.09. The van der Waals surface area contributed by atoms with E-state index in [-0.39, 0.29) is 17.1 Å². The summed E-state index contributed by atoms with van der Waals surface area (Å²) in [5.74, 6) is -3.93. The maximum atomic E-state index is 14.3. The van der Waals surface area contributed by atoms with Crippen LogP contribution in [0.1, 0.15) is 27.9 Å². The molecule has 1 aromatic carbocycles. The van der Waals surface area contributed by atoms with Gasteiger partial charge in [-0.1, -0.05) is 6.07 Å². The molecule has 0 aliphatic heterocycles. The quantitative estimate of drug-likeness (QED) is 0.652. The molecule has 0 saturated heterocycles. The lowest BCUT2D eigenvalue weighted by atomic mass is 10.0. The monoisotopic (exact) mass is 412 g/mol. The molecular formula is C18H13F5N4O2. The van der Waals surface area contributed by atoms with Gasteiger partial charge < -0.3 is 14.6 Å². The number of rotatable bonds is 5. The van der Waals surface area contributed by atoms with E-state index in [1.54, 1.807) is 7.05 Å². The van der Waals surface area contributed by atoms with Crippen molar-refractivity contribution >= 4 is 5.91 Å². The number of amides is 1. The number of carbonyl (C=O) groups is 1. The predicted molar refractivity (Wildman–Crippen MR) is 89.8 cm³/mol. The number of pyridine rings is 1. The summed E-state index contributed by atoms with van der Waals surface area (Å²) in [5, 5.41) is 2.47. The molecule has 3 aromatic rings. The first kappa shape index (κ1) is 20.2. The zero-order chi connectivity index (χ0) is 21.2. The molecule has 1 N–H and O–H groups in total. The minimum Gasteiger partial charge on any atom is -0.403 e. The molecule has 2 heterocycles. The zero-order valence-electron chi connectivity index (χ0n) is 14.7. The fourth-order valence-corrected chi connectivity index (χ4v) is 2.60. The van der Waals surface area contributed by atoms with E-state index in [9.17, 15) is 26.7 Å². The van der Waals surface area contributed by atoms with Gasteiger partial charge in [0.1, 0.15) is 11.5 Å². The van der Waals surface area contributed by atoms with Gasteiger partial charge in [-0.2, -0.15) is 0 Å². The minimum absolute atomic E-state index is 0.0103. The number of ether oxygens (including phenoxy) is 1. The average Bonchev–Trinajstić information content (AvgIpc) is 3.07. The van der Waals surface area contributed by atoms with E-state index in [1.165, 1.54) is 29.2 Å². The molecule has 6 nitrogen and oxygen atoms in total. The fourth-order valence-electron chi connectivity index (χ4n) is 2.60. The van der Waals surface area contributed by atoms with Crippen LogP contribution in [0.4, 0.5) is 22.0 Å². The first-order chi connectivity index (χ1) is 13.7. The van der Waals surface area contributed by atoms with E-state index in [2.05, 4.69) is 20.0 Å². The Labute approximate surface area is 161 Å². The van der Waals surface area contributed by atoms with Crippen molar-refractivity contribution < 1.29 is 31.5 Å². The van der Waals surface area contributed by atoms with Crippen LogP contribution in [0.15, 0.2) is 48.9 Å². The molecule has 0 fully saturated rings. The molecule has 0 unspecified atom stereocenters. The third kappa shape index (κ3) is 4.68. The Hall–Kier alpha value is -3.50. The van der Waals surface area contributed by atoms with E-state index in [4.69, 9.17) is 0 Å². The largest absolute Gasteiger partial charge is 0.573 e. The summed E-state index contributed by atoms with van der Waals surface area (Å²) in [4.78, 5) is 20.3. The Bertz CT molecular complexity index is 1040. The van der Waals surface area contributed by atoms with Gasteiger partial charge >= 0.3 is 6.36 Å². The summed E-state index contributed by atoms with van der Waals surface area (Å²) in [6.07, 6.45) is -0.945. The van der Waals surface area contributed by atoms with Crippen LogP contribution in [-0.4, -0.2) is 26.8 Å². The van der Waals surface area contributed by atoms with Crippen LogP contribution in [0.2, 0.25) is 0 Å². The molecule has 0 radical (unpaired) electrons. The highest BCUT2D eigenvalue weighted by Crippen LogP contribution is 2.30. The van der Waals surface area contributed by atoms with Gasteiger partial charge in [-0.25, -0.2) is 13.8 Å². The number of alkyl halides is 3. The van der Waals surface area contributed by atoms with E-state index in [1.807, 2.05) is 0 Å². The Balaban J connectivity index is 2.00. The lowest BCUT2D eigenvalue weighted by molar-refractivity contribution is -0.275. The number of hydrogen-bond acceptors (Lipinski definition) is 4. The number of carbonyl (C=O) groups excluding carboxylic acids is 1. The van der Waals surface area contributed by atoms with Crippen molar-refractivity contribution in [3.05, 3.63) is 77.6 Å². The second-order valence-corrected chi connectivity index (χ2v) is 5.88. The second-order valence-electron chi connectivity index (χ2n) is 5.88. The summed E-state index contributed by atoms with van der Waals surface area (Å²) in [6.45, 7) is 0. The van der Waals surface area contributed by atoms with E-state index in [0.29, 0.717) is 6.07 Å². The summed E-state index contributed by atoms with van der Waals surface area (Å²) >= 11 is 0. The maximum absolute atomic E-state index is 14.3. The number of halogens is 5. The molecule has 2 aromatic heterocycles. The third-order valence-electron chi connectivity index (χ3n) is 3.88. The van der Waals surface area contributed by atoms with Crippen LogP contribution in [0.3, 0.4) is 0 Å². The lowest BCUT2D eigenvalue weighted by Crippen LogP contribution is -2.32. The van der Waals surface area contributed by atoms with Crippen molar-refractivity contribution in [3.8, 4) is 5.75 Å². The Morgan fingerprint density at radius 2 is 1.90 bits per heavy atom. The number of nitrogens with zero attached hydrogens (tertiary/aromatic N) is 3. The molecular weight excluding hydrogens is 399 g/mol. The SMILES string of the molecule is Cn1ccnc1C(=O)N[C@@H](c1ccc(OC(F)(F)F)c(F)c1)c1ncccc1F. The number of hydrogen-bond donors (Lipinski definition) is 1. The van der Waals surface area contributed by atoms with E-state index >= 15 is 0 Å². The van der Waals surface area contributed by atoms with Crippen LogP contribution in [0, 0.1) is 11.6 Å². The van der Waals surface area contributed by atoms with Gasteiger partial charge in [-0.05, 0) is 29.8 Å². The van der Waals surface area contributed by atoms with Crippen LogP contribution >= 0.6 is 0 Å². The van der Waals surface area contributed by atoms with Crippen molar-refractivity contribution in [2.45, 2.75) is 12.4 Å². The highest BCUT2D eigenvalue weighted by molar-refractivity contribution is 5.91. The minimum atomic E-state index is -5.08. The number of benzene rings is 1. The third-order valence-corrected chi connectivity index (χ3v) is 3.88. The molecule has 0 aliphatic carbocycles. The van der Waals surface area contributed by atoms with Gasteiger partial charge in [0.25, 0.3) is 5.91 Å². The fraction of sp³-hybridized carbons (Fsp3) is 0.167. The first-order valence-corrected chi connectivity index (χ1v) is 8.09. The highest BCUT2D eigenvalue weighted by atomic mass is 19.4. The summed E-state index contributed by atoms with van der Waals surface area (Å²) in [6, 6.07) is 3.62. The number of imidazole rings is 1. The zero-order valence-corrected chi connectivity index (χ0v) is 14.7. The Kier molecular flexibility index (Phi) is 5.48. The van der Waals surface area contributed by atoms with Gasteiger partial charge in [0.05, 0.1) is 6.04 Å². The van der Waals surface area contributed by atoms with Gasteiger partial charge in [0, 0.05) is 25.6 Å². The van der Waals surface area contributed by atoms with Crippen molar-refractivity contribution in [3.63, 3.8) is 0 Å². The topological polar surface area (TPSA) is 69.0 Å². The molecule has 29 heavy (non-hydrogen) atoms. The molecule has 0 saturated carbocycles. The summed E-state index contributed by atoms with van der Waals surface area (Å²) in [7, 11) is 1.56. The Morgan fingerprint density at radius 3 is 2.48 bits per heavy atom. The molecule has 0 spiro atoms. The molecule has 3 rings (SSSR count). The van der Waals surface area contributed by atoms with Crippen molar-refractivity contribution in [2.75, 3.05) is 0 Å². The van der Waals surface area contributed by atoms with Gasteiger partial charge in [-0.15, -0.1) is 13.2 Å². The van der Waals surface area contributed by atoms with E-state index < -0.39 is 35.7 Å². The van der Waals surface area contributed by atoms with Gasteiger partial charge in [-0.3, -0.25) is 9.78 Å². The molecule has 11 heteroatoms. The number of nitrogens with one attached hydrogen (secondary N) is 1. The molecule has 0 bridgehead atoms. The van der Waals surface area contributed by atoms with Crippen LogP contribution in [0.5, 0.6) is 5.75 Å². The Morgan fingerprint density at radius 1 is 1.14 bits per heavy atom. The highest BCUT2D eigenvalue weighted by Gasteiger charge is 2.33. The second kappa shape index (κ2) is 7.86. The van der Waals surface area contributed by atoms with E-state index in [0.717, 1.165) is 18.2 Å². The standard InChI is InChI=1S/C18H13F5N4O2/c1-27-8-7-25-16(27)17(28)26-14(15-11(19)3-2-6-24-15)10-4-5-13(12(20)9-10)29-18(21,22)23/h2-9,14H,1H3,(H,26,28)/t14-/m0/s1. The van der Waals surface area contributed by atoms with Crippen molar-refractivity contribution in [2.24, 2.45) is 7.05 Å². The van der Waals surface area contributed by atoms with Crippen LogP contribution in [0.25, 0.3) is 0 Å². The maximum Gasteiger partial charge on any atom is 0.573 e. The van der Waals surface area contributed by atoms with Gasteiger partial charge in [0.2, 0.25) is 0 Å². The number of aryl methyl sites for hydroxylation is 1. The van der Waals surface area contributed by atoms with Crippen LogP contribution in [-0.2, 0) is 7.05 Å². The normalized spacial score (nSPS) is 12.5. The lowest BCUT2D eigenvalue weighted by Gasteiger charge is -2.20. The summed E-state index contributed by atoms with van der Waals surface area (Å²) in [5.41, 5.74) is -0.295. The van der Waals surface area contributed by atoms with Crippen LogP contribution < -0.4 is 10.1 Å².